The Balaban J connectivity index is 1.64. The standard InChI is InChI=1S/C18H23NO3/c1-21-15-6-4-14(5-7-15)18(12-17(13-18)8-2-9-17)16(20)19-10-3-11-22-19/h4-7H,2-3,8-13H2,1H3. The third-order valence-electron chi connectivity index (χ3n) is 5.80. The number of methoxy groups -OCH3 is 1. The number of nitrogens with zero attached hydrogens (tertiary/aromatic N) is 1. The molecule has 1 aromatic carbocycles. The average molecular weight is 301 g/mol. The van der Waals surface area contributed by atoms with E-state index in [2.05, 4.69) is 12.1 Å². The van der Waals surface area contributed by atoms with Crippen molar-refractivity contribution in [3.05, 3.63) is 29.8 Å². The Morgan fingerprint density at radius 2 is 1.91 bits per heavy atom. The summed E-state index contributed by atoms with van der Waals surface area (Å²) in [6.07, 6.45) is 6.76. The molecule has 4 nitrogen and oxygen atoms in total. The number of hydrogen-bond donors (Lipinski definition) is 0. The highest BCUT2D eigenvalue weighted by Gasteiger charge is 2.62. The summed E-state index contributed by atoms with van der Waals surface area (Å²) in [5.74, 6) is 0.995. The topological polar surface area (TPSA) is 38.8 Å². The van der Waals surface area contributed by atoms with E-state index in [1.54, 1.807) is 12.2 Å². The van der Waals surface area contributed by atoms with Crippen molar-refractivity contribution in [2.75, 3.05) is 20.3 Å². The van der Waals surface area contributed by atoms with Gasteiger partial charge in [0, 0.05) is 0 Å². The van der Waals surface area contributed by atoms with Gasteiger partial charge in [0.2, 0.25) is 0 Å². The van der Waals surface area contributed by atoms with Crippen molar-refractivity contribution in [2.45, 2.75) is 43.9 Å². The molecule has 0 aromatic heterocycles. The molecule has 1 aliphatic heterocycles. The van der Waals surface area contributed by atoms with Crippen LogP contribution in [-0.4, -0.2) is 31.2 Å². The van der Waals surface area contributed by atoms with Crippen molar-refractivity contribution in [1.82, 2.24) is 5.06 Å². The summed E-state index contributed by atoms with van der Waals surface area (Å²) in [5.41, 5.74) is 1.16. The summed E-state index contributed by atoms with van der Waals surface area (Å²) >= 11 is 0. The summed E-state index contributed by atoms with van der Waals surface area (Å²) < 4.78 is 5.25. The van der Waals surface area contributed by atoms with Crippen LogP contribution in [0.4, 0.5) is 0 Å². The molecule has 1 aromatic rings. The fraction of sp³-hybridized carbons (Fsp3) is 0.611. The van der Waals surface area contributed by atoms with Crippen LogP contribution in [0.5, 0.6) is 5.75 Å². The second-order valence-electron chi connectivity index (χ2n) is 7.11. The molecule has 0 unspecified atom stereocenters. The zero-order valence-corrected chi connectivity index (χ0v) is 13.1. The summed E-state index contributed by atoms with van der Waals surface area (Å²) in [4.78, 5) is 18.6. The summed E-state index contributed by atoms with van der Waals surface area (Å²) in [7, 11) is 1.67. The molecular formula is C18H23NO3. The van der Waals surface area contributed by atoms with Crippen molar-refractivity contribution < 1.29 is 14.4 Å². The van der Waals surface area contributed by atoms with Crippen LogP contribution in [0.1, 0.15) is 44.1 Å². The van der Waals surface area contributed by atoms with E-state index in [1.807, 2.05) is 12.1 Å². The average Bonchev–Trinajstić information content (AvgIpc) is 2.99. The van der Waals surface area contributed by atoms with E-state index in [9.17, 15) is 4.79 Å². The maximum atomic E-state index is 13.1. The SMILES string of the molecule is COc1ccc(C2(C(=O)N3CCCO3)CC3(CCC3)C2)cc1. The first-order valence-electron chi connectivity index (χ1n) is 8.27. The smallest absolute Gasteiger partial charge is 0.256 e. The van der Waals surface area contributed by atoms with Crippen molar-refractivity contribution >= 4 is 5.91 Å². The molecule has 1 saturated heterocycles. The third kappa shape index (κ3) is 1.97. The van der Waals surface area contributed by atoms with Gasteiger partial charge in [-0.05, 0) is 55.2 Å². The van der Waals surface area contributed by atoms with Crippen molar-refractivity contribution in [1.29, 1.82) is 0 Å². The normalized spacial score (nSPS) is 24.7. The Morgan fingerprint density at radius 1 is 1.18 bits per heavy atom. The molecule has 4 heteroatoms. The Hall–Kier alpha value is -1.55. The first-order chi connectivity index (χ1) is 10.7. The molecule has 0 radical (unpaired) electrons. The Labute approximate surface area is 131 Å². The van der Waals surface area contributed by atoms with Crippen LogP contribution in [0.25, 0.3) is 0 Å². The molecule has 3 aliphatic rings. The fourth-order valence-corrected chi connectivity index (χ4v) is 4.49. The van der Waals surface area contributed by atoms with Crippen LogP contribution in [0.15, 0.2) is 24.3 Å². The number of hydrogen-bond acceptors (Lipinski definition) is 3. The fourth-order valence-electron chi connectivity index (χ4n) is 4.49. The third-order valence-corrected chi connectivity index (χ3v) is 5.80. The molecule has 22 heavy (non-hydrogen) atoms. The number of amides is 1. The van der Waals surface area contributed by atoms with Gasteiger partial charge in [-0.1, -0.05) is 18.6 Å². The molecule has 3 fully saturated rings. The van der Waals surface area contributed by atoms with E-state index in [0.29, 0.717) is 12.0 Å². The monoisotopic (exact) mass is 301 g/mol. The highest BCUT2D eigenvalue weighted by Crippen LogP contribution is 2.65. The summed E-state index contributed by atoms with van der Waals surface area (Å²) in [5, 5.41) is 1.61. The van der Waals surface area contributed by atoms with Crippen LogP contribution < -0.4 is 4.74 Å². The van der Waals surface area contributed by atoms with Gasteiger partial charge in [0.15, 0.2) is 0 Å². The van der Waals surface area contributed by atoms with Gasteiger partial charge in [-0.3, -0.25) is 9.63 Å². The van der Waals surface area contributed by atoms with Crippen LogP contribution in [0, 0.1) is 5.41 Å². The molecule has 118 valence electrons. The number of carbonyl (C=O) groups excluding carboxylic acids is 1. The zero-order valence-electron chi connectivity index (χ0n) is 13.1. The molecule has 0 atom stereocenters. The van der Waals surface area contributed by atoms with E-state index >= 15 is 0 Å². The Kier molecular flexibility index (Phi) is 3.19. The second kappa shape index (κ2) is 4.98. The van der Waals surface area contributed by atoms with Crippen molar-refractivity contribution in [3.8, 4) is 5.75 Å². The highest BCUT2D eigenvalue weighted by molar-refractivity contribution is 5.89. The molecular weight excluding hydrogens is 278 g/mol. The van der Waals surface area contributed by atoms with E-state index in [-0.39, 0.29) is 11.3 Å². The first-order valence-corrected chi connectivity index (χ1v) is 8.27. The van der Waals surface area contributed by atoms with Gasteiger partial charge in [-0.25, -0.2) is 5.06 Å². The van der Waals surface area contributed by atoms with Crippen LogP contribution >= 0.6 is 0 Å². The van der Waals surface area contributed by atoms with Gasteiger partial charge in [0.05, 0.1) is 25.7 Å². The zero-order chi connectivity index (χ0) is 15.2. The summed E-state index contributed by atoms with van der Waals surface area (Å²) in [6, 6.07) is 8.03. The van der Waals surface area contributed by atoms with E-state index in [1.165, 1.54) is 19.3 Å². The molecule has 4 rings (SSSR count). The Morgan fingerprint density at radius 3 is 2.41 bits per heavy atom. The minimum absolute atomic E-state index is 0.160. The van der Waals surface area contributed by atoms with Crippen molar-refractivity contribution in [3.63, 3.8) is 0 Å². The lowest BCUT2D eigenvalue weighted by Gasteiger charge is -2.60. The lowest BCUT2D eigenvalue weighted by molar-refractivity contribution is -0.189. The molecule has 1 amide bonds. The summed E-state index contributed by atoms with van der Waals surface area (Å²) in [6.45, 7) is 1.39. The van der Waals surface area contributed by atoms with Crippen LogP contribution in [-0.2, 0) is 15.0 Å². The Bertz CT molecular complexity index is 562. The first kappa shape index (κ1) is 14.1. The minimum Gasteiger partial charge on any atom is -0.497 e. The maximum Gasteiger partial charge on any atom is 0.256 e. The van der Waals surface area contributed by atoms with Gasteiger partial charge in [0.1, 0.15) is 5.75 Å². The van der Waals surface area contributed by atoms with E-state index in [0.717, 1.165) is 37.1 Å². The number of benzene rings is 1. The van der Waals surface area contributed by atoms with E-state index in [4.69, 9.17) is 9.57 Å². The van der Waals surface area contributed by atoms with Gasteiger partial charge < -0.3 is 4.74 Å². The highest BCUT2D eigenvalue weighted by atomic mass is 16.7. The lowest BCUT2D eigenvalue weighted by Crippen LogP contribution is -2.60. The van der Waals surface area contributed by atoms with E-state index < -0.39 is 0 Å². The quantitative estimate of drug-likeness (QED) is 0.861. The predicted molar refractivity (Wildman–Crippen MR) is 82.5 cm³/mol. The van der Waals surface area contributed by atoms with Gasteiger partial charge in [-0.15, -0.1) is 0 Å². The molecule has 1 heterocycles. The second-order valence-corrected chi connectivity index (χ2v) is 7.11. The molecule has 0 bridgehead atoms. The lowest BCUT2D eigenvalue weighted by atomic mass is 9.43. The van der Waals surface area contributed by atoms with Gasteiger partial charge in [-0.2, -0.15) is 0 Å². The number of ether oxygens (including phenoxy) is 1. The van der Waals surface area contributed by atoms with Gasteiger partial charge in [0.25, 0.3) is 5.91 Å². The predicted octanol–water partition coefficient (Wildman–Crippen LogP) is 3.06. The largest absolute Gasteiger partial charge is 0.497 e. The molecule has 2 aliphatic carbocycles. The minimum atomic E-state index is -0.378. The van der Waals surface area contributed by atoms with Crippen molar-refractivity contribution in [2.24, 2.45) is 5.41 Å². The van der Waals surface area contributed by atoms with Gasteiger partial charge >= 0.3 is 0 Å². The number of hydroxylamine groups is 2. The maximum absolute atomic E-state index is 13.1. The molecule has 0 N–H and O–H groups in total. The van der Waals surface area contributed by atoms with Crippen LogP contribution in [0.2, 0.25) is 0 Å². The molecule has 1 spiro atoms. The number of rotatable bonds is 3. The molecule has 2 saturated carbocycles. The number of carbonyl (C=O) groups is 1. The van der Waals surface area contributed by atoms with Crippen LogP contribution in [0.3, 0.4) is 0 Å².